The van der Waals surface area contributed by atoms with Crippen molar-refractivity contribution in [2.75, 3.05) is 26.7 Å². The largest absolute Gasteiger partial charge is 1.00 e. The monoisotopic (exact) mass is 380 g/mol. The molecule has 5 nitrogen and oxygen atoms in total. The summed E-state index contributed by atoms with van der Waals surface area (Å²) in [7, 11) is 3.24. The second kappa shape index (κ2) is 19.2. The van der Waals surface area contributed by atoms with Crippen LogP contribution in [-0.2, 0) is 0 Å². The van der Waals surface area contributed by atoms with E-state index in [-0.39, 0.29) is 40.8 Å². The summed E-state index contributed by atoms with van der Waals surface area (Å²) in [6.45, 7) is 4.55. The van der Waals surface area contributed by atoms with Crippen LogP contribution in [0.2, 0.25) is 0 Å². The van der Waals surface area contributed by atoms with Crippen LogP contribution in [0.15, 0.2) is 48.5 Å². The van der Waals surface area contributed by atoms with E-state index in [2.05, 4.69) is 0 Å². The number of benzene rings is 2. The first-order valence-electron chi connectivity index (χ1n) is 7.27. The molecule has 136 valence electrons. The van der Waals surface area contributed by atoms with Gasteiger partial charge in [-0.3, -0.25) is 0 Å². The van der Waals surface area contributed by atoms with Crippen molar-refractivity contribution in [3.8, 4) is 23.0 Å². The molecule has 0 aliphatic carbocycles. The van der Waals surface area contributed by atoms with Crippen LogP contribution < -0.4 is 43.8 Å². The molecule has 0 unspecified atom stereocenters. The van der Waals surface area contributed by atoms with Crippen LogP contribution in [0, 0.1) is 0 Å². The van der Waals surface area contributed by atoms with Crippen LogP contribution in [0.1, 0.15) is 13.8 Å². The molecule has 0 spiro atoms. The number of phenolic OH excluding ortho intramolecular Hbond substituents is 1. The zero-order chi connectivity index (χ0) is 17.5. The zero-order valence-corrected chi connectivity index (χ0v) is 18.3. The number of halogens is 1. The topological polar surface area (TPSA) is 77.9 Å². The molecule has 2 aromatic carbocycles. The molecule has 2 aromatic rings. The molecular weight excluding hydrogens is 355 g/mol. The molecule has 2 N–H and O–H groups in total. The number of alkyl halides is 1. The third-order valence-electron chi connectivity index (χ3n) is 2.44. The number of aromatic hydroxyl groups is 1. The number of rotatable bonds is 4. The number of ether oxygens (including phenoxy) is 3. The Bertz CT molecular complexity index is 506. The van der Waals surface area contributed by atoms with Gasteiger partial charge in [0.25, 0.3) is 0 Å². The van der Waals surface area contributed by atoms with Gasteiger partial charge >= 0.3 is 29.6 Å². The van der Waals surface area contributed by atoms with E-state index in [4.69, 9.17) is 30.9 Å². The summed E-state index contributed by atoms with van der Waals surface area (Å²) in [5.74, 6) is 3.48. The number of methoxy groups -OCH3 is 2. The molecule has 7 heteroatoms. The Balaban J connectivity index is -0.000000317. The van der Waals surface area contributed by atoms with E-state index in [1.165, 1.54) is 0 Å². The van der Waals surface area contributed by atoms with E-state index in [1.807, 2.05) is 38.1 Å². The van der Waals surface area contributed by atoms with Gasteiger partial charge in [-0.2, -0.15) is 0 Å². The van der Waals surface area contributed by atoms with Gasteiger partial charge in [0.15, 0.2) is 0 Å². The van der Waals surface area contributed by atoms with Crippen molar-refractivity contribution in [1.82, 2.24) is 0 Å². The van der Waals surface area contributed by atoms with Crippen LogP contribution in [-0.4, -0.2) is 37.3 Å². The molecule has 25 heavy (non-hydrogen) atoms. The second-order valence-electron chi connectivity index (χ2n) is 4.07. The third-order valence-corrected chi connectivity index (χ3v) is 2.44. The Morgan fingerprint density at radius 2 is 1.12 bits per heavy atom. The van der Waals surface area contributed by atoms with Crippen LogP contribution in [0.25, 0.3) is 0 Å². The van der Waals surface area contributed by atoms with E-state index in [1.54, 1.807) is 38.5 Å². The van der Waals surface area contributed by atoms with Gasteiger partial charge in [-0.25, -0.2) is 0 Å². The van der Waals surface area contributed by atoms with E-state index in [0.717, 1.165) is 23.1 Å². The normalized spacial score (nSPS) is 8.04. The average Bonchev–Trinajstić information content (AvgIpc) is 2.58. The predicted molar refractivity (Wildman–Crippen MR) is 97.2 cm³/mol. The minimum Gasteiger partial charge on any atom is -0.870 e. The molecule has 0 atom stereocenters. The van der Waals surface area contributed by atoms with E-state index in [9.17, 15) is 0 Å². The summed E-state index contributed by atoms with van der Waals surface area (Å²) in [5.41, 5.74) is 0. The van der Waals surface area contributed by atoms with Crippen molar-refractivity contribution >= 4 is 11.6 Å². The second-order valence-corrected chi connectivity index (χ2v) is 4.61. The quantitative estimate of drug-likeness (QED) is 0.643. The summed E-state index contributed by atoms with van der Waals surface area (Å²) in [4.78, 5) is 0. The fraction of sp³-hybridized carbons (Fsp3) is 0.333. The van der Waals surface area contributed by atoms with Gasteiger partial charge in [-0.05, 0) is 55.5 Å². The summed E-state index contributed by atoms with van der Waals surface area (Å²) in [6.07, 6.45) is 0. The SMILES string of the molecule is CCCl.CCOc1ccc(OC)cc1.COc1ccc(O)cc1.[Na+].[OH-]. The average molecular weight is 381 g/mol. The maximum atomic E-state index is 8.80. The molecular formula is C18H26ClNaO5. The summed E-state index contributed by atoms with van der Waals surface area (Å²) in [5, 5.41) is 8.80. The van der Waals surface area contributed by atoms with Crippen LogP contribution in [0.3, 0.4) is 0 Å². The van der Waals surface area contributed by atoms with Crippen LogP contribution >= 0.6 is 11.6 Å². The first-order valence-corrected chi connectivity index (χ1v) is 7.80. The van der Waals surface area contributed by atoms with Crippen molar-refractivity contribution in [2.45, 2.75) is 13.8 Å². The standard InChI is InChI=1S/C9H12O2.C7H8O2.C2H5Cl.Na.H2O/c1-3-11-9-6-4-8(10-2)5-7-9;1-9-7-4-2-6(8)3-5-7;1-2-3;;/h4-7H,3H2,1-2H3;2-5,8H,1H3;2H2,1H3;;1H2/q;;;+1;/p-1. The zero-order valence-electron chi connectivity index (χ0n) is 15.5. The Kier molecular flexibility index (Phi) is 22.0. The fourth-order valence-corrected chi connectivity index (χ4v) is 1.42. The molecule has 0 saturated heterocycles. The van der Waals surface area contributed by atoms with Gasteiger partial charge in [0.1, 0.15) is 23.0 Å². The maximum absolute atomic E-state index is 8.80. The number of hydrogen-bond acceptors (Lipinski definition) is 5. The Labute approximate surface area is 177 Å². The number of hydrogen-bond donors (Lipinski definition) is 1. The maximum Gasteiger partial charge on any atom is 1.00 e. The van der Waals surface area contributed by atoms with Gasteiger partial charge in [0, 0.05) is 5.88 Å². The van der Waals surface area contributed by atoms with E-state index >= 15 is 0 Å². The molecule has 0 heterocycles. The summed E-state index contributed by atoms with van der Waals surface area (Å²) in [6, 6.07) is 14.1. The van der Waals surface area contributed by atoms with Crippen molar-refractivity contribution in [3.05, 3.63) is 48.5 Å². The molecule has 0 bridgehead atoms. The fourth-order valence-electron chi connectivity index (χ4n) is 1.42. The Morgan fingerprint density at radius 3 is 1.44 bits per heavy atom. The van der Waals surface area contributed by atoms with Gasteiger partial charge in [-0.15, -0.1) is 11.6 Å². The minimum atomic E-state index is 0. The van der Waals surface area contributed by atoms with Crippen molar-refractivity contribution in [2.24, 2.45) is 0 Å². The number of phenols is 1. The molecule has 0 aromatic heterocycles. The summed E-state index contributed by atoms with van der Waals surface area (Å²) >= 11 is 5.00. The predicted octanol–water partition coefficient (Wildman–Crippen LogP) is 1.57. The third kappa shape index (κ3) is 14.9. The van der Waals surface area contributed by atoms with Crippen LogP contribution in [0.4, 0.5) is 0 Å². The van der Waals surface area contributed by atoms with Gasteiger partial charge < -0.3 is 24.8 Å². The molecule has 0 aliphatic heterocycles. The molecule has 2 rings (SSSR count). The molecule has 0 fully saturated rings. The van der Waals surface area contributed by atoms with Gasteiger partial charge in [0.2, 0.25) is 0 Å². The smallest absolute Gasteiger partial charge is 0.870 e. The summed E-state index contributed by atoms with van der Waals surface area (Å²) < 4.78 is 15.1. The van der Waals surface area contributed by atoms with Crippen LogP contribution in [0.5, 0.6) is 23.0 Å². The van der Waals surface area contributed by atoms with Gasteiger partial charge in [-0.1, -0.05) is 6.92 Å². The first-order chi connectivity index (χ1) is 11.1. The van der Waals surface area contributed by atoms with E-state index in [0.29, 0.717) is 6.61 Å². The molecule has 0 amide bonds. The molecule has 0 saturated carbocycles. The first kappa shape index (κ1) is 28.7. The molecule has 0 aliphatic rings. The molecule has 0 radical (unpaired) electrons. The van der Waals surface area contributed by atoms with E-state index < -0.39 is 0 Å². The van der Waals surface area contributed by atoms with Crippen molar-refractivity contribution in [3.63, 3.8) is 0 Å². The van der Waals surface area contributed by atoms with Crippen molar-refractivity contribution < 1.29 is 54.4 Å². The van der Waals surface area contributed by atoms with Gasteiger partial charge in [0.05, 0.1) is 20.8 Å². The van der Waals surface area contributed by atoms with Crippen molar-refractivity contribution in [1.29, 1.82) is 0 Å². The Hall–Kier alpha value is -1.11. The Morgan fingerprint density at radius 1 is 0.800 bits per heavy atom. The minimum absolute atomic E-state index is 0.